The summed E-state index contributed by atoms with van der Waals surface area (Å²) in [5.41, 5.74) is 0. The van der Waals surface area contributed by atoms with Crippen molar-refractivity contribution in [3.05, 3.63) is 22.4 Å². The molecule has 0 aliphatic carbocycles. The number of esters is 1. The van der Waals surface area contributed by atoms with Crippen LogP contribution in [-0.4, -0.2) is 38.7 Å². The van der Waals surface area contributed by atoms with E-state index in [0.717, 1.165) is 51.2 Å². The fraction of sp³-hybridized carbons (Fsp3) is 0.684. The molecule has 1 unspecified atom stereocenters. The number of guanidine groups is 1. The molecule has 2 N–H and O–H groups in total. The van der Waals surface area contributed by atoms with E-state index in [0.29, 0.717) is 18.9 Å². The molecule has 1 aromatic rings. The predicted octanol–water partition coefficient (Wildman–Crippen LogP) is 3.61. The van der Waals surface area contributed by atoms with Gasteiger partial charge in [-0.25, -0.2) is 0 Å². The van der Waals surface area contributed by atoms with E-state index < -0.39 is 0 Å². The van der Waals surface area contributed by atoms with Gasteiger partial charge in [-0.1, -0.05) is 25.8 Å². The highest BCUT2D eigenvalue weighted by Crippen LogP contribution is 2.13. The number of nitrogens with zero attached hydrogens (tertiary/aromatic N) is 1. The molecule has 25 heavy (non-hydrogen) atoms. The maximum absolute atomic E-state index is 11.2. The van der Waals surface area contributed by atoms with Crippen LogP contribution in [0.25, 0.3) is 0 Å². The van der Waals surface area contributed by atoms with Crippen molar-refractivity contribution in [2.24, 2.45) is 10.9 Å². The first-order chi connectivity index (χ1) is 12.2. The van der Waals surface area contributed by atoms with Crippen LogP contribution in [0, 0.1) is 5.92 Å². The molecule has 0 radical (unpaired) electrons. The number of unbranched alkanes of at least 4 members (excludes halogenated alkanes) is 3. The largest absolute Gasteiger partial charge is 0.466 e. The van der Waals surface area contributed by atoms with Crippen molar-refractivity contribution in [1.82, 2.24) is 10.6 Å². The van der Waals surface area contributed by atoms with Crippen molar-refractivity contribution in [3.63, 3.8) is 0 Å². The number of carbonyl (C=O) groups is 1. The van der Waals surface area contributed by atoms with Gasteiger partial charge in [0, 0.05) is 31.4 Å². The van der Waals surface area contributed by atoms with Gasteiger partial charge in [-0.15, -0.1) is 11.3 Å². The van der Waals surface area contributed by atoms with Gasteiger partial charge in [0.05, 0.1) is 6.61 Å². The lowest BCUT2D eigenvalue weighted by molar-refractivity contribution is -0.143. The summed E-state index contributed by atoms with van der Waals surface area (Å²) in [6, 6.07) is 4.30. The van der Waals surface area contributed by atoms with E-state index in [1.807, 2.05) is 18.3 Å². The Hall–Kier alpha value is -1.56. The number of nitrogens with one attached hydrogen (secondary N) is 2. The molecule has 142 valence electrons. The number of hydrogen-bond donors (Lipinski definition) is 2. The molecule has 0 saturated carbocycles. The molecule has 1 heterocycles. The van der Waals surface area contributed by atoms with Crippen molar-refractivity contribution in [2.45, 2.75) is 52.4 Å². The molecule has 1 rings (SSSR count). The minimum atomic E-state index is -0.0816. The zero-order valence-corrected chi connectivity index (χ0v) is 16.7. The maximum Gasteiger partial charge on any atom is 0.305 e. The van der Waals surface area contributed by atoms with Crippen LogP contribution in [0.2, 0.25) is 0 Å². The van der Waals surface area contributed by atoms with Crippen molar-refractivity contribution < 1.29 is 9.53 Å². The Morgan fingerprint density at radius 2 is 2.08 bits per heavy atom. The molecule has 0 aliphatic rings. The smallest absolute Gasteiger partial charge is 0.305 e. The van der Waals surface area contributed by atoms with Crippen LogP contribution in [-0.2, 0) is 16.0 Å². The second-order valence-corrected chi connectivity index (χ2v) is 7.27. The third-order valence-electron chi connectivity index (χ3n) is 3.88. The number of aliphatic imine (C=N–C) groups is 1. The minimum Gasteiger partial charge on any atom is -0.466 e. The van der Waals surface area contributed by atoms with Gasteiger partial charge in [-0.3, -0.25) is 9.79 Å². The zero-order valence-electron chi connectivity index (χ0n) is 15.8. The number of ether oxygens (including phenoxy) is 1. The van der Waals surface area contributed by atoms with E-state index in [4.69, 9.17) is 4.74 Å². The SMILES string of the molecule is CCOC(=O)CCCCCCNC(=NC)NCC(C)Cc1cccs1. The van der Waals surface area contributed by atoms with Crippen LogP contribution in [0.1, 0.15) is 50.8 Å². The molecule has 0 saturated heterocycles. The Kier molecular flexibility index (Phi) is 11.8. The van der Waals surface area contributed by atoms with E-state index >= 15 is 0 Å². The van der Waals surface area contributed by atoms with Gasteiger partial charge in [0.2, 0.25) is 0 Å². The van der Waals surface area contributed by atoms with Gasteiger partial charge < -0.3 is 15.4 Å². The molecule has 0 aromatic carbocycles. The Labute approximate surface area is 156 Å². The second-order valence-electron chi connectivity index (χ2n) is 6.24. The molecule has 6 heteroatoms. The summed E-state index contributed by atoms with van der Waals surface area (Å²) in [4.78, 5) is 16.9. The molecule has 0 spiro atoms. The van der Waals surface area contributed by atoms with Crippen LogP contribution in [0.4, 0.5) is 0 Å². The van der Waals surface area contributed by atoms with Crippen LogP contribution >= 0.6 is 11.3 Å². The summed E-state index contributed by atoms with van der Waals surface area (Å²) in [5.74, 6) is 1.35. The topological polar surface area (TPSA) is 62.7 Å². The molecule has 0 aliphatic heterocycles. The summed E-state index contributed by atoms with van der Waals surface area (Å²) < 4.78 is 4.92. The molecule has 0 amide bonds. The Bertz CT molecular complexity index is 489. The van der Waals surface area contributed by atoms with Gasteiger partial charge in [0.25, 0.3) is 0 Å². The third-order valence-corrected chi connectivity index (χ3v) is 4.78. The third kappa shape index (κ3) is 10.8. The molecule has 0 fully saturated rings. The maximum atomic E-state index is 11.2. The average molecular weight is 368 g/mol. The number of carbonyl (C=O) groups excluding carboxylic acids is 1. The normalized spacial score (nSPS) is 12.7. The van der Waals surface area contributed by atoms with E-state index in [2.05, 4.69) is 40.1 Å². The van der Waals surface area contributed by atoms with Crippen molar-refractivity contribution >= 4 is 23.3 Å². The highest BCUT2D eigenvalue weighted by Gasteiger charge is 2.06. The summed E-state index contributed by atoms with van der Waals surface area (Å²) in [7, 11) is 1.80. The molecular weight excluding hydrogens is 334 g/mol. The standard InChI is InChI=1S/C19H33N3O2S/c1-4-24-18(23)11-7-5-6-8-12-21-19(20-3)22-15-16(2)14-17-10-9-13-25-17/h9-10,13,16H,4-8,11-12,14-15H2,1-3H3,(H2,20,21,22). The fourth-order valence-electron chi connectivity index (χ4n) is 2.52. The van der Waals surface area contributed by atoms with Crippen LogP contribution in [0.3, 0.4) is 0 Å². The van der Waals surface area contributed by atoms with Crippen LogP contribution in [0.5, 0.6) is 0 Å². The Morgan fingerprint density at radius 3 is 2.76 bits per heavy atom. The lowest BCUT2D eigenvalue weighted by atomic mass is 10.1. The lowest BCUT2D eigenvalue weighted by Gasteiger charge is -2.15. The minimum absolute atomic E-state index is 0.0816. The van der Waals surface area contributed by atoms with Gasteiger partial charge >= 0.3 is 5.97 Å². The second kappa shape index (κ2) is 13.7. The Morgan fingerprint density at radius 1 is 1.28 bits per heavy atom. The monoisotopic (exact) mass is 367 g/mol. The van der Waals surface area contributed by atoms with Crippen LogP contribution < -0.4 is 10.6 Å². The van der Waals surface area contributed by atoms with E-state index in [1.165, 1.54) is 4.88 Å². The zero-order chi connectivity index (χ0) is 18.3. The Balaban J connectivity index is 2.03. The van der Waals surface area contributed by atoms with Crippen molar-refractivity contribution in [2.75, 3.05) is 26.7 Å². The molecule has 0 bridgehead atoms. The van der Waals surface area contributed by atoms with Gasteiger partial charge in [0.15, 0.2) is 5.96 Å². The fourth-order valence-corrected chi connectivity index (χ4v) is 3.39. The molecule has 5 nitrogen and oxygen atoms in total. The lowest BCUT2D eigenvalue weighted by Crippen LogP contribution is -2.40. The number of thiophene rings is 1. The first kappa shape index (κ1) is 21.5. The van der Waals surface area contributed by atoms with Crippen molar-refractivity contribution in [1.29, 1.82) is 0 Å². The highest BCUT2D eigenvalue weighted by atomic mass is 32.1. The summed E-state index contributed by atoms with van der Waals surface area (Å²) in [5, 5.41) is 8.88. The van der Waals surface area contributed by atoms with E-state index in [-0.39, 0.29) is 5.97 Å². The first-order valence-electron chi connectivity index (χ1n) is 9.28. The molecular formula is C19H33N3O2S. The number of rotatable bonds is 12. The van der Waals surface area contributed by atoms with E-state index in [1.54, 1.807) is 7.05 Å². The quantitative estimate of drug-likeness (QED) is 0.256. The number of hydrogen-bond acceptors (Lipinski definition) is 4. The summed E-state index contributed by atoms with van der Waals surface area (Å²) in [6.45, 7) is 6.38. The van der Waals surface area contributed by atoms with Crippen molar-refractivity contribution in [3.8, 4) is 0 Å². The summed E-state index contributed by atoms with van der Waals surface area (Å²) >= 11 is 1.82. The van der Waals surface area contributed by atoms with Crippen LogP contribution in [0.15, 0.2) is 22.5 Å². The van der Waals surface area contributed by atoms with Gasteiger partial charge in [-0.05, 0) is 43.6 Å². The van der Waals surface area contributed by atoms with Gasteiger partial charge in [0.1, 0.15) is 0 Å². The molecule has 1 atom stereocenters. The molecule has 1 aromatic heterocycles. The summed E-state index contributed by atoms with van der Waals surface area (Å²) in [6.07, 6.45) is 5.79. The first-order valence-corrected chi connectivity index (χ1v) is 10.2. The predicted molar refractivity (Wildman–Crippen MR) is 106 cm³/mol. The highest BCUT2D eigenvalue weighted by molar-refractivity contribution is 7.09. The average Bonchev–Trinajstić information content (AvgIpc) is 3.09. The van der Waals surface area contributed by atoms with E-state index in [9.17, 15) is 4.79 Å². The van der Waals surface area contributed by atoms with Gasteiger partial charge in [-0.2, -0.15) is 0 Å².